The molecular formula is C36H75N7O3. The van der Waals surface area contributed by atoms with E-state index in [2.05, 4.69) is 119 Å². The third-order valence-corrected chi connectivity index (χ3v) is 10.9. The normalized spacial score (nSPS) is 27.4. The second kappa shape index (κ2) is 15.2. The van der Waals surface area contributed by atoms with E-state index in [0.717, 1.165) is 77.8 Å². The van der Waals surface area contributed by atoms with E-state index >= 15 is 0 Å². The number of hydrogen-bond donors (Lipinski definition) is 3. The first-order valence-corrected chi connectivity index (χ1v) is 18.1. The zero-order chi connectivity index (χ0) is 34.8. The number of hydroxylamine groups is 6. The van der Waals surface area contributed by atoms with Crippen LogP contribution < -0.4 is 16.0 Å². The number of nitrogens with zero attached hydrogens (tertiary/aromatic N) is 4. The highest BCUT2D eigenvalue weighted by molar-refractivity contribution is 5.01. The highest BCUT2D eigenvalue weighted by atomic mass is 16.7. The summed E-state index contributed by atoms with van der Waals surface area (Å²) in [6.07, 6.45) is 6.45. The molecule has 3 aliphatic heterocycles. The van der Waals surface area contributed by atoms with Crippen LogP contribution in [0, 0.1) is 0 Å². The average Bonchev–Trinajstić information content (AvgIpc) is 2.85. The van der Waals surface area contributed by atoms with E-state index < -0.39 is 0 Å². The van der Waals surface area contributed by atoms with Gasteiger partial charge in [-0.15, -0.1) is 0 Å². The van der Waals surface area contributed by atoms with Crippen LogP contribution in [-0.4, -0.2) is 132 Å². The fourth-order valence-corrected chi connectivity index (χ4v) is 10.3. The van der Waals surface area contributed by atoms with Gasteiger partial charge in [0.15, 0.2) is 0 Å². The van der Waals surface area contributed by atoms with Gasteiger partial charge < -0.3 is 30.5 Å². The second-order valence-corrected chi connectivity index (χ2v) is 18.3. The van der Waals surface area contributed by atoms with Crippen molar-refractivity contribution in [2.45, 2.75) is 173 Å². The molecule has 0 amide bonds. The number of hydrogen-bond acceptors (Lipinski definition) is 10. The van der Waals surface area contributed by atoms with Gasteiger partial charge in [-0.2, -0.15) is 15.2 Å². The lowest BCUT2D eigenvalue weighted by atomic mass is 9.79. The fraction of sp³-hybridized carbons (Fsp3) is 1.00. The molecule has 0 radical (unpaired) electrons. The maximum Gasteiger partial charge on any atom is 0.0575 e. The van der Waals surface area contributed by atoms with Crippen molar-refractivity contribution in [3.05, 3.63) is 0 Å². The molecule has 272 valence electrons. The maximum atomic E-state index is 5.84. The Hall–Kier alpha value is -0.400. The molecular weight excluding hydrogens is 578 g/mol. The monoisotopic (exact) mass is 654 g/mol. The minimum atomic E-state index is -0.0123. The average molecular weight is 654 g/mol. The van der Waals surface area contributed by atoms with Gasteiger partial charge >= 0.3 is 0 Å². The van der Waals surface area contributed by atoms with Gasteiger partial charge in [0.1, 0.15) is 0 Å². The molecule has 3 saturated heterocycles. The van der Waals surface area contributed by atoms with Crippen molar-refractivity contribution in [3.8, 4) is 0 Å². The first-order chi connectivity index (χ1) is 21.1. The van der Waals surface area contributed by atoms with Crippen molar-refractivity contribution < 1.29 is 14.5 Å². The summed E-state index contributed by atoms with van der Waals surface area (Å²) in [6, 6.07) is 1.42. The van der Waals surface area contributed by atoms with Crippen molar-refractivity contribution in [2.75, 3.05) is 60.6 Å². The van der Waals surface area contributed by atoms with Crippen molar-refractivity contribution in [3.63, 3.8) is 0 Å². The van der Waals surface area contributed by atoms with E-state index in [1.165, 1.54) is 0 Å². The molecule has 0 atom stereocenters. The summed E-state index contributed by atoms with van der Waals surface area (Å²) in [7, 11) is 5.43. The Morgan fingerprint density at radius 2 is 0.630 bits per heavy atom. The van der Waals surface area contributed by atoms with Gasteiger partial charge in [-0.1, -0.05) is 0 Å². The molecule has 3 N–H and O–H groups in total. The fourth-order valence-electron chi connectivity index (χ4n) is 10.3. The number of rotatable bonds is 15. The zero-order valence-electron chi connectivity index (χ0n) is 32.7. The predicted octanol–water partition coefficient (Wildman–Crippen LogP) is 4.81. The van der Waals surface area contributed by atoms with Crippen molar-refractivity contribution in [2.24, 2.45) is 0 Å². The summed E-state index contributed by atoms with van der Waals surface area (Å²) in [5.41, 5.74) is -0.0739. The molecule has 10 heteroatoms. The lowest BCUT2D eigenvalue weighted by molar-refractivity contribution is -0.267. The first-order valence-electron chi connectivity index (χ1n) is 18.1. The van der Waals surface area contributed by atoms with Crippen LogP contribution >= 0.6 is 0 Å². The molecule has 0 aromatic rings. The summed E-state index contributed by atoms with van der Waals surface area (Å²) >= 11 is 0. The van der Waals surface area contributed by atoms with E-state index in [4.69, 9.17) is 14.5 Å². The minimum absolute atomic E-state index is 0.0123. The Labute approximate surface area is 283 Å². The number of nitrogens with one attached hydrogen (secondary N) is 3. The molecule has 3 rings (SSSR count). The Balaban J connectivity index is 1.59. The lowest BCUT2D eigenvalue weighted by Gasteiger charge is -2.53. The molecule has 0 aromatic heterocycles. The van der Waals surface area contributed by atoms with Gasteiger partial charge in [0.2, 0.25) is 0 Å². The molecule has 0 aromatic carbocycles. The predicted molar refractivity (Wildman–Crippen MR) is 191 cm³/mol. The second-order valence-electron chi connectivity index (χ2n) is 18.3. The third-order valence-electron chi connectivity index (χ3n) is 10.9. The van der Waals surface area contributed by atoms with E-state index in [1.54, 1.807) is 0 Å². The van der Waals surface area contributed by atoms with Gasteiger partial charge in [0.05, 0.1) is 21.3 Å². The van der Waals surface area contributed by atoms with Gasteiger partial charge in [-0.05, 0) is 122 Å². The van der Waals surface area contributed by atoms with Crippen LogP contribution in [0.5, 0.6) is 0 Å². The first kappa shape index (κ1) is 40.0. The van der Waals surface area contributed by atoms with Crippen LogP contribution in [0.1, 0.15) is 122 Å². The summed E-state index contributed by atoms with van der Waals surface area (Å²) in [4.78, 5) is 20.2. The van der Waals surface area contributed by atoms with E-state index in [1.807, 2.05) is 21.3 Å². The molecule has 0 spiro atoms. The molecule has 3 heterocycles. The maximum absolute atomic E-state index is 5.84. The van der Waals surface area contributed by atoms with Gasteiger partial charge in [0.25, 0.3) is 0 Å². The molecule has 3 aliphatic rings. The van der Waals surface area contributed by atoms with E-state index in [9.17, 15) is 0 Å². The van der Waals surface area contributed by atoms with Crippen LogP contribution in [0.3, 0.4) is 0 Å². The zero-order valence-corrected chi connectivity index (χ0v) is 32.7. The van der Waals surface area contributed by atoms with Gasteiger partial charge in [-0.25, -0.2) is 0 Å². The largest absolute Gasteiger partial charge is 0.313 e. The summed E-state index contributed by atoms with van der Waals surface area (Å²) < 4.78 is 0. The van der Waals surface area contributed by atoms with Crippen molar-refractivity contribution >= 4 is 0 Å². The highest BCUT2D eigenvalue weighted by Crippen LogP contribution is 2.40. The van der Waals surface area contributed by atoms with Crippen LogP contribution in [0.4, 0.5) is 0 Å². The Bertz CT molecular complexity index is 781. The van der Waals surface area contributed by atoms with Crippen LogP contribution in [0.2, 0.25) is 0 Å². The molecule has 10 nitrogen and oxygen atoms in total. The Morgan fingerprint density at radius 3 is 0.804 bits per heavy atom. The lowest BCUT2D eigenvalue weighted by Crippen LogP contribution is -2.64. The summed E-state index contributed by atoms with van der Waals surface area (Å²) in [6.45, 7) is 33.7. The Kier molecular flexibility index (Phi) is 13.3. The molecule has 46 heavy (non-hydrogen) atoms. The molecule has 0 saturated carbocycles. The van der Waals surface area contributed by atoms with E-state index in [0.29, 0.717) is 18.1 Å². The Morgan fingerprint density at radius 1 is 0.435 bits per heavy atom. The summed E-state index contributed by atoms with van der Waals surface area (Å²) in [5.74, 6) is 0. The van der Waals surface area contributed by atoms with Crippen molar-refractivity contribution in [1.29, 1.82) is 0 Å². The summed E-state index contributed by atoms with van der Waals surface area (Å²) in [5, 5.41) is 18.4. The highest BCUT2D eigenvalue weighted by Gasteiger charge is 2.48. The van der Waals surface area contributed by atoms with Gasteiger partial charge in [-0.3, -0.25) is 4.90 Å². The quantitative estimate of drug-likeness (QED) is 0.229. The van der Waals surface area contributed by atoms with Crippen LogP contribution in [0.15, 0.2) is 0 Å². The van der Waals surface area contributed by atoms with Gasteiger partial charge in [0, 0.05) is 90.6 Å². The number of piperidine rings is 3. The molecule has 0 unspecified atom stereocenters. The SMILES string of the molecule is CON1C(C)(C)CC(NCCN(CCNC2CC(C)(C)N(OC)C(C)(C)C2)CCNC2CC(C)(C)N(OC)C(C)(C)C2)CC1(C)C. The van der Waals surface area contributed by atoms with Crippen LogP contribution in [0.25, 0.3) is 0 Å². The smallest absolute Gasteiger partial charge is 0.0575 e. The third kappa shape index (κ3) is 9.86. The molecule has 3 fully saturated rings. The minimum Gasteiger partial charge on any atom is -0.313 e. The molecule has 0 aliphatic carbocycles. The molecule has 0 bridgehead atoms. The topological polar surface area (TPSA) is 76.7 Å². The van der Waals surface area contributed by atoms with Crippen molar-refractivity contribution in [1.82, 2.24) is 36.0 Å². The van der Waals surface area contributed by atoms with Crippen LogP contribution in [-0.2, 0) is 14.5 Å². The van der Waals surface area contributed by atoms with E-state index in [-0.39, 0.29) is 33.2 Å². The standard InChI is InChI=1S/C36H75N7O3/c1-31(2)22-28(23-32(3,4)41(31)44-13)37-16-19-40(20-17-38-29-24-33(5,6)42(45-14)34(7,8)25-29)21-18-39-30-26-35(9,10)43(46-15)36(11,12)27-30/h28-30,37-39H,16-27H2,1-15H3.